The molecule has 47 heavy (non-hydrogen) atoms. The van der Waals surface area contributed by atoms with Crippen molar-refractivity contribution in [2.45, 2.75) is 252 Å². The van der Waals surface area contributed by atoms with Gasteiger partial charge in [-0.25, -0.2) is 0 Å². The quantitative estimate of drug-likeness (QED) is 0.0529. The molecule has 0 amide bonds. The summed E-state index contributed by atoms with van der Waals surface area (Å²) in [4.78, 5) is 22.0. The zero-order chi connectivity index (χ0) is 34.9. The lowest BCUT2D eigenvalue weighted by Gasteiger charge is -2.06. The van der Waals surface area contributed by atoms with E-state index in [4.69, 9.17) is 9.84 Å². The van der Waals surface area contributed by atoms with Crippen molar-refractivity contribution in [2.75, 3.05) is 6.61 Å². The van der Waals surface area contributed by atoms with Crippen molar-refractivity contribution in [3.63, 3.8) is 0 Å². The second-order valence-corrected chi connectivity index (χ2v) is 14.9. The Morgan fingerprint density at radius 1 is 0.426 bits per heavy atom. The predicted molar refractivity (Wildman–Crippen MR) is 206 cm³/mol. The summed E-state index contributed by atoms with van der Waals surface area (Å²) in [6.45, 7) is 9.72. The Labute approximate surface area is 295 Å². The molecule has 0 spiro atoms. The smallest absolute Gasteiger partial charge is 0.305 e. The molecule has 0 aliphatic heterocycles. The van der Waals surface area contributed by atoms with Gasteiger partial charge < -0.3 is 9.84 Å². The molecular formula is C43H86O4. The van der Waals surface area contributed by atoms with Crippen LogP contribution in [-0.4, -0.2) is 23.7 Å². The number of aliphatic carboxylic acids is 1. The summed E-state index contributed by atoms with van der Waals surface area (Å²) < 4.78 is 5.34. The first-order chi connectivity index (χ1) is 22.9. The largest absolute Gasteiger partial charge is 0.481 e. The number of carboxylic acid groups (broad SMARTS) is 1. The van der Waals surface area contributed by atoms with Crippen LogP contribution in [0.4, 0.5) is 0 Å². The first-order valence-electron chi connectivity index (χ1n) is 21.3. The maximum Gasteiger partial charge on any atom is 0.305 e. The van der Waals surface area contributed by atoms with Gasteiger partial charge in [0.1, 0.15) is 0 Å². The Hall–Kier alpha value is -1.06. The number of carboxylic acids is 1. The van der Waals surface area contributed by atoms with Gasteiger partial charge in [-0.05, 0) is 25.2 Å². The lowest BCUT2D eigenvalue weighted by Crippen LogP contribution is -2.05. The molecule has 0 aromatic carbocycles. The summed E-state index contributed by atoms with van der Waals surface area (Å²) in [5.74, 6) is 0.170. The second-order valence-electron chi connectivity index (χ2n) is 14.9. The van der Waals surface area contributed by atoms with Gasteiger partial charge in [-0.3, -0.25) is 9.59 Å². The molecule has 4 heteroatoms. The fourth-order valence-corrected chi connectivity index (χ4v) is 6.20. The zero-order valence-corrected chi connectivity index (χ0v) is 32.7. The fraction of sp³-hybridized carbons (Fsp3) is 0.953. The summed E-state index contributed by atoms with van der Waals surface area (Å²) >= 11 is 0. The minimum atomic E-state index is -0.653. The van der Waals surface area contributed by atoms with Gasteiger partial charge in [0.2, 0.25) is 0 Å². The minimum absolute atomic E-state index is 0.0141. The van der Waals surface area contributed by atoms with Crippen molar-refractivity contribution in [1.82, 2.24) is 0 Å². The average Bonchev–Trinajstić information content (AvgIpc) is 3.04. The van der Waals surface area contributed by atoms with Gasteiger partial charge in [0, 0.05) is 12.8 Å². The van der Waals surface area contributed by atoms with Crippen molar-refractivity contribution in [3.05, 3.63) is 0 Å². The highest BCUT2D eigenvalue weighted by Crippen LogP contribution is 2.15. The third-order valence-corrected chi connectivity index (χ3v) is 9.42. The average molecular weight is 667 g/mol. The number of carbonyl (C=O) groups excluding carboxylic acids is 1. The van der Waals surface area contributed by atoms with Crippen LogP contribution in [0.25, 0.3) is 0 Å². The van der Waals surface area contributed by atoms with Crippen molar-refractivity contribution >= 4 is 11.9 Å². The molecule has 0 bridgehead atoms. The van der Waals surface area contributed by atoms with E-state index in [1.54, 1.807) is 0 Å². The standard InChI is InChI=1S/C25H50O2.C18H36O2/c1-4-5-6-7-8-9-10-11-12-13-14-15-19-22-25(26)27-23-20-17-16-18-21-24(2)3;1-2-3-4-5-6-7-8-9-10-11-12-13-14-15-16-17-18(19)20/h24H,4-23H2,1-3H3;2-17H2,1H3,(H,19,20). The van der Waals surface area contributed by atoms with Crippen molar-refractivity contribution in [1.29, 1.82) is 0 Å². The van der Waals surface area contributed by atoms with E-state index in [0.717, 1.165) is 31.6 Å². The number of unbranched alkanes of at least 4 members (excludes halogenated alkanes) is 29. The van der Waals surface area contributed by atoms with Crippen LogP contribution in [-0.2, 0) is 14.3 Å². The Kier molecular flexibility index (Phi) is 43.9. The number of hydrogen-bond donors (Lipinski definition) is 1. The van der Waals surface area contributed by atoms with Gasteiger partial charge in [-0.2, -0.15) is 0 Å². The van der Waals surface area contributed by atoms with Crippen LogP contribution in [0.15, 0.2) is 0 Å². The Balaban J connectivity index is 0. The molecule has 0 atom stereocenters. The maximum absolute atomic E-state index is 11.7. The van der Waals surface area contributed by atoms with E-state index in [0.29, 0.717) is 19.4 Å². The highest BCUT2D eigenvalue weighted by Gasteiger charge is 2.03. The predicted octanol–water partition coefficient (Wildman–Crippen LogP) is 14.9. The molecule has 282 valence electrons. The molecule has 0 unspecified atom stereocenters. The van der Waals surface area contributed by atoms with Gasteiger partial charge >= 0.3 is 11.9 Å². The molecule has 1 N–H and O–H groups in total. The number of rotatable bonds is 37. The molecule has 0 aliphatic carbocycles. The van der Waals surface area contributed by atoms with Crippen molar-refractivity contribution in [2.24, 2.45) is 5.92 Å². The van der Waals surface area contributed by atoms with E-state index < -0.39 is 5.97 Å². The fourth-order valence-electron chi connectivity index (χ4n) is 6.20. The van der Waals surface area contributed by atoms with Crippen molar-refractivity contribution in [3.8, 4) is 0 Å². The summed E-state index contributed by atoms with van der Waals surface area (Å²) in [5, 5.41) is 8.52. The van der Waals surface area contributed by atoms with Gasteiger partial charge in [0.25, 0.3) is 0 Å². The molecule has 0 fully saturated rings. The first kappa shape index (κ1) is 48.1. The lowest BCUT2D eigenvalue weighted by atomic mass is 10.0. The van der Waals surface area contributed by atoms with Crippen LogP contribution in [0, 0.1) is 5.92 Å². The van der Waals surface area contributed by atoms with Gasteiger partial charge in [-0.1, -0.05) is 220 Å². The van der Waals surface area contributed by atoms with Crippen molar-refractivity contribution < 1.29 is 19.4 Å². The van der Waals surface area contributed by atoms with Gasteiger partial charge in [0.05, 0.1) is 6.61 Å². The summed E-state index contributed by atoms with van der Waals surface area (Å²) in [6.07, 6.45) is 44.4. The highest BCUT2D eigenvalue weighted by molar-refractivity contribution is 5.69. The molecule has 0 aromatic heterocycles. The molecule has 0 saturated heterocycles. The summed E-state index contributed by atoms with van der Waals surface area (Å²) in [5.41, 5.74) is 0. The van der Waals surface area contributed by atoms with Gasteiger partial charge in [0.15, 0.2) is 0 Å². The maximum atomic E-state index is 11.7. The highest BCUT2D eigenvalue weighted by atomic mass is 16.5. The van der Waals surface area contributed by atoms with E-state index in [1.165, 1.54) is 186 Å². The van der Waals surface area contributed by atoms with Crippen LogP contribution < -0.4 is 0 Å². The summed E-state index contributed by atoms with van der Waals surface area (Å²) in [6, 6.07) is 0. The normalized spacial score (nSPS) is 11.1. The number of hydrogen-bond acceptors (Lipinski definition) is 3. The third kappa shape index (κ3) is 49.4. The lowest BCUT2D eigenvalue weighted by molar-refractivity contribution is -0.144. The first-order valence-corrected chi connectivity index (χ1v) is 21.3. The zero-order valence-electron chi connectivity index (χ0n) is 32.7. The minimum Gasteiger partial charge on any atom is -0.481 e. The molecule has 4 nitrogen and oxygen atoms in total. The third-order valence-electron chi connectivity index (χ3n) is 9.42. The molecule has 0 aromatic rings. The van der Waals surface area contributed by atoms with Crippen LogP contribution in [0.2, 0.25) is 0 Å². The van der Waals surface area contributed by atoms with Crippen LogP contribution >= 0.6 is 0 Å². The number of esters is 1. The molecule has 0 aliphatic rings. The van der Waals surface area contributed by atoms with Crippen LogP contribution in [0.3, 0.4) is 0 Å². The molecule has 0 radical (unpaired) electrons. The molecule has 0 heterocycles. The van der Waals surface area contributed by atoms with E-state index in [9.17, 15) is 9.59 Å². The molecule has 0 rings (SSSR count). The Bertz CT molecular complexity index is 603. The second kappa shape index (κ2) is 43.0. The van der Waals surface area contributed by atoms with Crippen LogP contribution in [0.5, 0.6) is 0 Å². The number of ether oxygens (including phenoxy) is 1. The van der Waals surface area contributed by atoms with E-state index >= 15 is 0 Å². The Morgan fingerprint density at radius 3 is 1.06 bits per heavy atom. The SMILES string of the molecule is CCCCCCCCCCCCCCCC(=O)OCCCCCCC(C)C.CCCCCCCCCCCCCCCCCC(=O)O. The van der Waals surface area contributed by atoms with E-state index in [1.807, 2.05) is 0 Å². The summed E-state index contributed by atoms with van der Waals surface area (Å²) in [7, 11) is 0. The molecule has 0 saturated carbocycles. The van der Waals surface area contributed by atoms with E-state index in [-0.39, 0.29) is 5.97 Å². The number of carbonyl (C=O) groups is 2. The Morgan fingerprint density at radius 2 is 0.723 bits per heavy atom. The van der Waals surface area contributed by atoms with E-state index in [2.05, 4.69) is 27.7 Å². The molecular weight excluding hydrogens is 580 g/mol. The topological polar surface area (TPSA) is 63.6 Å². The van der Waals surface area contributed by atoms with Gasteiger partial charge in [-0.15, -0.1) is 0 Å². The van der Waals surface area contributed by atoms with Crippen LogP contribution in [0.1, 0.15) is 252 Å². The monoisotopic (exact) mass is 667 g/mol.